The fourth-order valence-corrected chi connectivity index (χ4v) is 2.34. The van der Waals surface area contributed by atoms with Crippen LogP contribution < -0.4 is 10.6 Å². The van der Waals surface area contributed by atoms with Gasteiger partial charge in [0.1, 0.15) is 0 Å². The van der Waals surface area contributed by atoms with Crippen LogP contribution in [-0.2, 0) is 0 Å². The topological polar surface area (TPSA) is 39.7 Å². The highest BCUT2D eigenvalue weighted by molar-refractivity contribution is 14.0. The third kappa shape index (κ3) is 8.29. The predicted octanol–water partition coefficient (Wildman–Crippen LogP) is 2.93. The van der Waals surface area contributed by atoms with E-state index in [0.717, 1.165) is 24.8 Å². The molecule has 2 atom stereocenters. The number of guanidine groups is 1. The van der Waals surface area contributed by atoms with Crippen molar-refractivity contribution in [3.05, 3.63) is 0 Å². The Bertz CT molecular complexity index is 252. The lowest BCUT2D eigenvalue weighted by Crippen LogP contribution is -2.49. The molecule has 2 unspecified atom stereocenters. The van der Waals surface area contributed by atoms with Crippen LogP contribution in [0.3, 0.4) is 0 Å². The molecule has 2 N–H and O–H groups in total. The highest BCUT2D eigenvalue weighted by Gasteiger charge is 2.20. The molecule has 0 saturated heterocycles. The summed E-state index contributed by atoms with van der Waals surface area (Å²) in [6, 6.07) is 1.00. The fraction of sp³-hybridized carbons (Fsp3) is 0.933. The van der Waals surface area contributed by atoms with Gasteiger partial charge in [-0.25, -0.2) is 0 Å². The average Bonchev–Trinajstić information content (AvgIpc) is 2.41. The molecule has 0 amide bonds. The molecule has 122 valence electrons. The van der Waals surface area contributed by atoms with E-state index in [9.17, 15) is 0 Å². The highest BCUT2D eigenvalue weighted by Crippen LogP contribution is 2.16. The number of halogens is 1. The van der Waals surface area contributed by atoms with E-state index in [1.165, 1.54) is 12.8 Å². The van der Waals surface area contributed by atoms with Gasteiger partial charge in [0, 0.05) is 25.7 Å². The van der Waals surface area contributed by atoms with E-state index in [2.05, 4.69) is 62.3 Å². The van der Waals surface area contributed by atoms with Gasteiger partial charge >= 0.3 is 0 Å². The summed E-state index contributed by atoms with van der Waals surface area (Å²) in [6.45, 7) is 9.85. The lowest BCUT2D eigenvalue weighted by molar-refractivity contribution is 0.200. The second-order valence-corrected chi connectivity index (χ2v) is 5.51. The zero-order chi connectivity index (χ0) is 14.8. The SMILES string of the molecule is CCC(C)NC(=NC)NCC(C(CC)CC)N(C)C.I. The minimum absolute atomic E-state index is 0. The molecule has 0 aromatic heterocycles. The van der Waals surface area contributed by atoms with Gasteiger partial charge in [0.15, 0.2) is 5.96 Å². The second-order valence-electron chi connectivity index (χ2n) is 5.51. The molecule has 0 radical (unpaired) electrons. The van der Waals surface area contributed by atoms with E-state index in [0.29, 0.717) is 12.1 Å². The first-order valence-corrected chi connectivity index (χ1v) is 7.63. The van der Waals surface area contributed by atoms with Crippen molar-refractivity contribution in [1.29, 1.82) is 0 Å². The fourth-order valence-electron chi connectivity index (χ4n) is 2.34. The molecule has 0 aromatic carbocycles. The molecule has 0 aliphatic heterocycles. The summed E-state index contributed by atoms with van der Waals surface area (Å²) in [5, 5.41) is 6.87. The zero-order valence-corrected chi connectivity index (χ0v) is 16.7. The average molecular weight is 398 g/mol. The van der Waals surface area contributed by atoms with Crippen molar-refractivity contribution in [2.45, 2.75) is 59.0 Å². The Morgan fingerprint density at radius 1 is 1.10 bits per heavy atom. The molecule has 5 heteroatoms. The number of rotatable bonds is 8. The maximum atomic E-state index is 4.29. The first-order chi connectivity index (χ1) is 8.99. The molecule has 0 rings (SSSR count). The van der Waals surface area contributed by atoms with Crippen LogP contribution in [0.25, 0.3) is 0 Å². The van der Waals surface area contributed by atoms with Gasteiger partial charge in [-0.3, -0.25) is 4.99 Å². The number of aliphatic imine (C=N–C) groups is 1. The summed E-state index contributed by atoms with van der Waals surface area (Å²) >= 11 is 0. The van der Waals surface area contributed by atoms with Gasteiger partial charge in [0.25, 0.3) is 0 Å². The summed E-state index contributed by atoms with van der Waals surface area (Å²) in [5.41, 5.74) is 0. The van der Waals surface area contributed by atoms with E-state index in [1.807, 2.05) is 7.05 Å². The van der Waals surface area contributed by atoms with Gasteiger partial charge in [0.05, 0.1) is 0 Å². The van der Waals surface area contributed by atoms with Gasteiger partial charge in [-0.05, 0) is 33.4 Å². The van der Waals surface area contributed by atoms with Crippen molar-refractivity contribution in [1.82, 2.24) is 15.5 Å². The minimum Gasteiger partial charge on any atom is -0.355 e. The number of nitrogens with one attached hydrogen (secondary N) is 2. The maximum absolute atomic E-state index is 4.29. The third-order valence-electron chi connectivity index (χ3n) is 3.95. The molecule has 0 heterocycles. The van der Waals surface area contributed by atoms with E-state index < -0.39 is 0 Å². The summed E-state index contributed by atoms with van der Waals surface area (Å²) in [7, 11) is 6.16. The second kappa shape index (κ2) is 12.7. The molecule has 0 aliphatic carbocycles. The van der Waals surface area contributed by atoms with E-state index in [4.69, 9.17) is 0 Å². The van der Waals surface area contributed by atoms with Gasteiger partial charge in [-0.2, -0.15) is 0 Å². The van der Waals surface area contributed by atoms with Crippen LogP contribution >= 0.6 is 24.0 Å². The Balaban J connectivity index is 0. The largest absolute Gasteiger partial charge is 0.355 e. The molecule has 4 nitrogen and oxygen atoms in total. The van der Waals surface area contributed by atoms with Gasteiger partial charge in [0.2, 0.25) is 0 Å². The van der Waals surface area contributed by atoms with Crippen molar-refractivity contribution in [2.75, 3.05) is 27.7 Å². The lowest BCUT2D eigenvalue weighted by Gasteiger charge is -2.32. The first-order valence-electron chi connectivity index (χ1n) is 7.63. The Hall–Kier alpha value is -0.0400. The maximum Gasteiger partial charge on any atom is 0.191 e. The summed E-state index contributed by atoms with van der Waals surface area (Å²) in [4.78, 5) is 6.61. The van der Waals surface area contributed by atoms with Crippen LogP contribution in [0.4, 0.5) is 0 Å². The van der Waals surface area contributed by atoms with E-state index >= 15 is 0 Å². The normalized spacial score (nSPS) is 14.9. The first kappa shape index (κ1) is 22.2. The molecular formula is C15H35IN4. The van der Waals surface area contributed by atoms with Gasteiger partial charge in [-0.15, -0.1) is 24.0 Å². The molecule has 20 heavy (non-hydrogen) atoms. The molecule has 0 fully saturated rings. The minimum atomic E-state index is 0. The quantitative estimate of drug-likeness (QED) is 0.375. The van der Waals surface area contributed by atoms with Crippen LogP contribution in [-0.4, -0.2) is 50.6 Å². The van der Waals surface area contributed by atoms with Crippen LogP contribution in [0.1, 0.15) is 47.0 Å². The Labute approximate surface area is 143 Å². The van der Waals surface area contributed by atoms with Crippen LogP contribution in [0, 0.1) is 5.92 Å². The van der Waals surface area contributed by atoms with Crippen molar-refractivity contribution in [2.24, 2.45) is 10.9 Å². The number of hydrogen-bond acceptors (Lipinski definition) is 2. The number of hydrogen-bond donors (Lipinski definition) is 2. The Morgan fingerprint density at radius 3 is 2.00 bits per heavy atom. The van der Waals surface area contributed by atoms with Crippen molar-refractivity contribution >= 4 is 29.9 Å². The molecule has 0 aliphatic rings. The highest BCUT2D eigenvalue weighted by atomic mass is 127. The Morgan fingerprint density at radius 2 is 1.65 bits per heavy atom. The predicted molar refractivity (Wildman–Crippen MR) is 101 cm³/mol. The van der Waals surface area contributed by atoms with Crippen molar-refractivity contribution in [3.63, 3.8) is 0 Å². The number of nitrogens with zero attached hydrogens (tertiary/aromatic N) is 2. The summed E-state index contributed by atoms with van der Waals surface area (Å²) < 4.78 is 0. The molecule has 0 bridgehead atoms. The van der Waals surface area contributed by atoms with Gasteiger partial charge in [-0.1, -0.05) is 33.6 Å². The molecule has 0 spiro atoms. The van der Waals surface area contributed by atoms with E-state index in [1.54, 1.807) is 0 Å². The lowest BCUT2D eigenvalue weighted by atomic mass is 9.93. The van der Waals surface area contributed by atoms with Crippen molar-refractivity contribution < 1.29 is 0 Å². The molecule has 0 aromatic rings. The van der Waals surface area contributed by atoms with Crippen LogP contribution in [0.5, 0.6) is 0 Å². The zero-order valence-electron chi connectivity index (χ0n) is 14.4. The summed E-state index contributed by atoms with van der Waals surface area (Å²) in [6.07, 6.45) is 3.54. The smallest absolute Gasteiger partial charge is 0.191 e. The van der Waals surface area contributed by atoms with Gasteiger partial charge < -0.3 is 15.5 Å². The van der Waals surface area contributed by atoms with Crippen LogP contribution in [0.15, 0.2) is 4.99 Å². The summed E-state index contributed by atoms with van der Waals surface area (Å²) in [5.74, 6) is 1.64. The molecule has 0 saturated carbocycles. The third-order valence-corrected chi connectivity index (χ3v) is 3.95. The van der Waals surface area contributed by atoms with Crippen LogP contribution in [0.2, 0.25) is 0 Å². The standard InChI is InChI=1S/C15H34N4.HI/c1-8-12(4)18-15(16-5)17-11-14(19(6)7)13(9-2)10-3;/h12-14H,8-11H2,1-7H3,(H2,16,17,18);1H. The molecular weight excluding hydrogens is 363 g/mol. The monoisotopic (exact) mass is 398 g/mol. The van der Waals surface area contributed by atoms with Crippen molar-refractivity contribution in [3.8, 4) is 0 Å². The Kier molecular flexibility index (Phi) is 14.1. The van der Waals surface area contributed by atoms with E-state index in [-0.39, 0.29) is 24.0 Å². The number of likely N-dealkylation sites (N-methyl/N-ethyl adjacent to an activating group) is 1.